The van der Waals surface area contributed by atoms with Crippen molar-refractivity contribution in [3.63, 3.8) is 0 Å². The van der Waals surface area contributed by atoms with Crippen LogP contribution in [-0.4, -0.2) is 72.0 Å². The van der Waals surface area contributed by atoms with Crippen molar-refractivity contribution in [1.29, 1.82) is 0 Å². The SMILES string of the molecule is C[C@@H]1CN(c2ccc(Nc3ncc4c(n3)N3CCN=C3N(c3c(Cl)cccc3Cl)C4=O)c(F)c2)C[C@H](C)N1C. The number of halogens is 3. The van der Waals surface area contributed by atoms with Crippen LogP contribution >= 0.6 is 23.2 Å². The largest absolute Gasteiger partial charge is 0.368 e. The van der Waals surface area contributed by atoms with Gasteiger partial charge in [0.05, 0.1) is 28.0 Å². The predicted molar refractivity (Wildman–Crippen MR) is 154 cm³/mol. The number of nitrogens with zero attached hydrogens (tertiary/aromatic N) is 7. The molecule has 0 saturated carbocycles. The molecular weight excluding hydrogens is 542 g/mol. The summed E-state index contributed by atoms with van der Waals surface area (Å²) in [6.45, 7) is 6.97. The third-order valence-electron chi connectivity index (χ3n) is 7.56. The van der Waals surface area contributed by atoms with Gasteiger partial charge in [0.15, 0.2) is 5.82 Å². The van der Waals surface area contributed by atoms with Crippen molar-refractivity contribution in [1.82, 2.24) is 14.9 Å². The standard InChI is InChI=1S/C27H27Cl2FN8O/c1-15-13-36(14-16(2)35(15)3)17-7-8-22(21(30)11-17)33-26-32-12-18-24(34-26)37-10-9-31-27(37)38(25(18)39)23-19(28)5-4-6-20(23)29/h4-8,11-12,15-16H,9-10,13-14H2,1-3H3,(H,32,33,34)/t15-,16+. The fourth-order valence-electron chi connectivity index (χ4n) is 5.27. The number of nitrogens with one attached hydrogen (secondary N) is 1. The van der Waals surface area contributed by atoms with Crippen molar-refractivity contribution in [2.24, 2.45) is 4.99 Å². The highest BCUT2D eigenvalue weighted by atomic mass is 35.5. The second-order valence-electron chi connectivity index (χ2n) is 10.0. The minimum Gasteiger partial charge on any atom is -0.368 e. The van der Waals surface area contributed by atoms with Crippen LogP contribution in [0.3, 0.4) is 0 Å². The number of hydrogen-bond donors (Lipinski definition) is 1. The lowest BCUT2D eigenvalue weighted by Gasteiger charge is -2.43. The molecule has 1 N–H and O–H groups in total. The number of aromatic nitrogens is 2. The highest BCUT2D eigenvalue weighted by Gasteiger charge is 2.41. The Kier molecular flexibility index (Phi) is 6.57. The third kappa shape index (κ3) is 4.46. The highest BCUT2D eigenvalue weighted by Crippen LogP contribution is 2.40. The first-order valence-corrected chi connectivity index (χ1v) is 13.5. The van der Waals surface area contributed by atoms with Gasteiger partial charge in [-0.3, -0.25) is 19.6 Å². The molecule has 2 atom stereocenters. The molecule has 12 heteroatoms. The zero-order chi connectivity index (χ0) is 27.4. The second-order valence-corrected chi connectivity index (χ2v) is 10.8. The number of benzene rings is 2. The summed E-state index contributed by atoms with van der Waals surface area (Å²) in [5.41, 5.74) is 1.70. The van der Waals surface area contributed by atoms with Gasteiger partial charge in [-0.25, -0.2) is 14.3 Å². The number of piperazine rings is 1. The van der Waals surface area contributed by atoms with Gasteiger partial charge in [0, 0.05) is 43.6 Å². The second kappa shape index (κ2) is 9.93. The Hall–Kier alpha value is -3.47. The Morgan fingerprint density at radius 1 is 1.08 bits per heavy atom. The maximum atomic E-state index is 15.2. The molecule has 0 bridgehead atoms. The minimum atomic E-state index is -0.410. The van der Waals surface area contributed by atoms with Crippen LogP contribution in [0, 0.1) is 5.82 Å². The zero-order valence-electron chi connectivity index (χ0n) is 21.7. The van der Waals surface area contributed by atoms with Crippen LogP contribution in [0.4, 0.5) is 33.2 Å². The molecule has 2 aromatic carbocycles. The number of para-hydroxylation sites is 1. The maximum Gasteiger partial charge on any atom is 0.270 e. The fourth-order valence-corrected chi connectivity index (χ4v) is 5.84. The Morgan fingerprint density at radius 3 is 2.49 bits per heavy atom. The molecule has 1 saturated heterocycles. The Balaban J connectivity index is 1.28. The quantitative estimate of drug-likeness (QED) is 0.472. The summed E-state index contributed by atoms with van der Waals surface area (Å²) in [7, 11) is 2.12. The third-order valence-corrected chi connectivity index (χ3v) is 8.17. The number of hydrogen-bond acceptors (Lipinski definition) is 8. The fraction of sp³-hybridized carbons (Fsp3) is 0.333. The topological polar surface area (TPSA) is 80.2 Å². The molecule has 1 amide bonds. The molecule has 202 valence electrons. The molecule has 39 heavy (non-hydrogen) atoms. The lowest BCUT2D eigenvalue weighted by Crippen LogP contribution is -2.55. The van der Waals surface area contributed by atoms with Gasteiger partial charge >= 0.3 is 0 Å². The van der Waals surface area contributed by atoms with Crippen molar-refractivity contribution in [2.45, 2.75) is 25.9 Å². The van der Waals surface area contributed by atoms with Gasteiger partial charge in [-0.15, -0.1) is 0 Å². The van der Waals surface area contributed by atoms with E-state index in [2.05, 4.69) is 51.0 Å². The lowest BCUT2D eigenvalue weighted by molar-refractivity contribution is 0.1000. The number of carbonyl (C=O) groups excluding carboxylic acids is 1. The maximum absolute atomic E-state index is 15.2. The molecule has 9 nitrogen and oxygen atoms in total. The molecule has 0 unspecified atom stereocenters. The van der Waals surface area contributed by atoms with Crippen LogP contribution in [0.2, 0.25) is 10.0 Å². The summed E-state index contributed by atoms with van der Waals surface area (Å²) in [4.78, 5) is 34.8. The van der Waals surface area contributed by atoms with Gasteiger partial charge in [-0.1, -0.05) is 29.3 Å². The van der Waals surface area contributed by atoms with Gasteiger partial charge in [-0.2, -0.15) is 4.98 Å². The molecule has 6 rings (SSSR count). The first-order chi connectivity index (χ1) is 18.7. The summed E-state index contributed by atoms with van der Waals surface area (Å²) in [6.07, 6.45) is 1.43. The summed E-state index contributed by atoms with van der Waals surface area (Å²) in [5, 5.41) is 3.63. The Morgan fingerprint density at radius 2 is 1.79 bits per heavy atom. The van der Waals surface area contributed by atoms with Gasteiger partial charge in [0.25, 0.3) is 5.91 Å². The first kappa shape index (κ1) is 25.8. The highest BCUT2D eigenvalue weighted by molar-refractivity contribution is 6.43. The Bertz CT molecular complexity index is 1470. The Labute approximate surface area is 235 Å². The number of guanidine groups is 1. The molecule has 1 fully saturated rings. The number of aliphatic imine (C=N–C) groups is 1. The summed E-state index contributed by atoms with van der Waals surface area (Å²) in [5.74, 6) is 0.149. The number of carbonyl (C=O) groups is 1. The monoisotopic (exact) mass is 568 g/mol. The van der Waals surface area contributed by atoms with Crippen LogP contribution in [0.15, 0.2) is 47.6 Å². The van der Waals surface area contributed by atoms with E-state index in [1.165, 1.54) is 17.2 Å². The predicted octanol–water partition coefficient (Wildman–Crippen LogP) is 5.03. The molecule has 3 aliphatic heterocycles. The molecule has 0 radical (unpaired) electrons. The van der Waals surface area contributed by atoms with E-state index in [0.717, 1.165) is 18.8 Å². The number of amides is 1. The molecule has 3 aliphatic rings. The van der Waals surface area contributed by atoms with E-state index >= 15 is 4.39 Å². The number of likely N-dealkylation sites (N-methyl/N-ethyl adjacent to an activating group) is 1. The van der Waals surface area contributed by atoms with E-state index in [9.17, 15) is 4.79 Å². The van der Waals surface area contributed by atoms with Crippen LogP contribution in [0.25, 0.3) is 0 Å². The zero-order valence-corrected chi connectivity index (χ0v) is 23.2. The molecule has 4 heterocycles. The van der Waals surface area contributed by atoms with Gasteiger partial charge in [0.1, 0.15) is 11.4 Å². The van der Waals surface area contributed by atoms with Crippen molar-refractivity contribution in [3.05, 3.63) is 64.0 Å². The van der Waals surface area contributed by atoms with Crippen LogP contribution in [-0.2, 0) is 0 Å². The van der Waals surface area contributed by atoms with E-state index in [-0.39, 0.29) is 17.2 Å². The first-order valence-electron chi connectivity index (χ1n) is 12.7. The molecular formula is C27H27Cl2FN8O. The van der Waals surface area contributed by atoms with E-state index in [1.807, 2.05) is 11.0 Å². The van der Waals surface area contributed by atoms with Crippen molar-refractivity contribution < 1.29 is 9.18 Å². The minimum absolute atomic E-state index is 0.172. The summed E-state index contributed by atoms with van der Waals surface area (Å²) < 4.78 is 15.2. The van der Waals surface area contributed by atoms with Crippen LogP contribution < -0.4 is 20.0 Å². The summed E-state index contributed by atoms with van der Waals surface area (Å²) in [6, 6.07) is 10.9. The van der Waals surface area contributed by atoms with Crippen LogP contribution in [0.1, 0.15) is 24.2 Å². The molecule has 0 spiro atoms. The normalized spacial score (nSPS) is 21.1. The number of anilines is 5. The number of rotatable bonds is 4. The van der Waals surface area contributed by atoms with Crippen molar-refractivity contribution in [2.75, 3.05) is 53.2 Å². The van der Waals surface area contributed by atoms with Crippen molar-refractivity contribution in [3.8, 4) is 0 Å². The average Bonchev–Trinajstić information content (AvgIpc) is 3.39. The van der Waals surface area contributed by atoms with Gasteiger partial charge in [0.2, 0.25) is 11.9 Å². The average molecular weight is 569 g/mol. The summed E-state index contributed by atoms with van der Waals surface area (Å²) >= 11 is 12.8. The molecule has 0 aliphatic carbocycles. The number of fused-ring (bicyclic) bond motifs is 3. The van der Waals surface area contributed by atoms with Crippen LogP contribution in [0.5, 0.6) is 0 Å². The van der Waals surface area contributed by atoms with Gasteiger partial charge < -0.3 is 10.2 Å². The van der Waals surface area contributed by atoms with Gasteiger partial charge in [-0.05, 0) is 51.2 Å². The van der Waals surface area contributed by atoms with Crippen molar-refractivity contribution >= 4 is 63.9 Å². The smallest absolute Gasteiger partial charge is 0.270 e. The van der Waals surface area contributed by atoms with E-state index in [1.54, 1.807) is 24.3 Å². The van der Waals surface area contributed by atoms with E-state index in [0.29, 0.717) is 52.7 Å². The van der Waals surface area contributed by atoms with E-state index in [4.69, 9.17) is 23.2 Å². The molecule has 1 aromatic heterocycles. The molecule has 3 aromatic rings. The lowest BCUT2D eigenvalue weighted by atomic mass is 10.1. The van der Waals surface area contributed by atoms with E-state index < -0.39 is 11.7 Å².